The summed E-state index contributed by atoms with van der Waals surface area (Å²) in [6, 6.07) is 24.1. The fourth-order valence-electron chi connectivity index (χ4n) is 3.66. The van der Waals surface area contributed by atoms with Crippen LogP contribution in [0.3, 0.4) is 0 Å². The van der Waals surface area contributed by atoms with Crippen molar-refractivity contribution in [2.75, 3.05) is 32.8 Å². The van der Waals surface area contributed by atoms with E-state index in [1.807, 2.05) is 54.6 Å². The average molecular weight is 416 g/mol. The van der Waals surface area contributed by atoms with Crippen LogP contribution in [0, 0.1) is 0 Å². The molecule has 158 valence electrons. The Labute approximate surface area is 181 Å². The molecule has 3 aromatic rings. The van der Waals surface area contributed by atoms with E-state index in [-0.39, 0.29) is 29.7 Å². The standard InChI is InChI=1S/C25H24N2O4/c28-22-12-6-4-11-21(22)25(30)27-16-14-26(15-17-27)24(29)18-31-23-13-7-5-10-20(23)19-8-2-1-3-9-19/h1-13,28H,14-18H2. The Bertz CT molecular complexity index is 1060. The first-order valence-electron chi connectivity index (χ1n) is 10.3. The zero-order valence-electron chi connectivity index (χ0n) is 17.1. The van der Waals surface area contributed by atoms with E-state index in [0.29, 0.717) is 31.9 Å². The van der Waals surface area contributed by atoms with Crippen LogP contribution in [0.15, 0.2) is 78.9 Å². The highest BCUT2D eigenvalue weighted by molar-refractivity contribution is 5.97. The third kappa shape index (κ3) is 4.69. The van der Waals surface area contributed by atoms with Gasteiger partial charge in [-0.2, -0.15) is 0 Å². The number of aromatic hydroxyl groups is 1. The molecule has 0 saturated carbocycles. The molecule has 1 heterocycles. The Kier molecular flexibility index (Phi) is 6.17. The minimum atomic E-state index is -0.224. The summed E-state index contributed by atoms with van der Waals surface area (Å²) in [5.74, 6) is 0.294. The molecule has 1 N–H and O–H groups in total. The van der Waals surface area contributed by atoms with Gasteiger partial charge in [0.1, 0.15) is 11.5 Å². The lowest BCUT2D eigenvalue weighted by atomic mass is 10.1. The lowest BCUT2D eigenvalue weighted by Crippen LogP contribution is -2.51. The predicted octanol–water partition coefficient (Wildman–Crippen LogP) is 3.42. The van der Waals surface area contributed by atoms with E-state index in [9.17, 15) is 14.7 Å². The Morgan fingerprint density at radius 3 is 2.13 bits per heavy atom. The molecule has 1 saturated heterocycles. The second-order valence-corrected chi connectivity index (χ2v) is 7.34. The third-order valence-corrected chi connectivity index (χ3v) is 5.38. The molecule has 1 fully saturated rings. The van der Waals surface area contributed by atoms with E-state index in [1.165, 1.54) is 6.07 Å². The molecular formula is C25H24N2O4. The van der Waals surface area contributed by atoms with Gasteiger partial charge in [-0.05, 0) is 23.8 Å². The molecule has 0 bridgehead atoms. The Morgan fingerprint density at radius 2 is 1.39 bits per heavy atom. The van der Waals surface area contributed by atoms with Crippen LogP contribution in [0.5, 0.6) is 11.5 Å². The first-order chi connectivity index (χ1) is 15.1. The summed E-state index contributed by atoms with van der Waals surface area (Å²) in [6.07, 6.45) is 0. The lowest BCUT2D eigenvalue weighted by Gasteiger charge is -2.34. The fraction of sp³-hybridized carbons (Fsp3) is 0.200. The van der Waals surface area contributed by atoms with Gasteiger partial charge >= 0.3 is 0 Å². The minimum absolute atomic E-state index is 0.0310. The molecule has 0 atom stereocenters. The van der Waals surface area contributed by atoms with Crippen LogP contribution < -0.4 is 4.74 Å². The van der Waals surface area contributed by atoms with Crippen LogP contribution in [-0.2, 0) is 4.79 Å². The number of amides is 2. The highest BCUT2D eigenvalue weighted by atomic mass is 16.5. The van der Waals surface area contributed by atoms with Crippen molar-refractivity contribution in [3.63, 3.8) is 0 Å². The number of phenols is 1. The molecule has 31 heavy (non-hydrogen) atoms. The first kappa shape index (κ1) is 20.5. The summed E-state index contributed by atoms with van der Waals surface area (Å²) in [6.45, 7) is 1.64. The maximum atomic E-state index is 12.7. The summed E-state index contributed by atoms with van der Waals surface area (Å²) in [5, 5.41) is 9.91. The number of ether oxygens (including phenoxy) is 1. The average Bonchev–Trinajstić information content (AvgIpc) is 2.83. The molecule has 3 aromatic carbocycles. The van der Waals surface area contributed by atoms with Crippen molar-refractivity contribution in [2.24, 2.45) is 0 Å². The zero-order valence-corrected chi connectivity index (χ0v) is 17.1. The van der Waals surface area contributed by atoms with Gasteiger partial charge in [-0.15, -0.1) is 0 Å². The first-order valence-corrected chi connectivity index (χ1v) is 10.3. The molecule has 0 aliphatic carbocycles. The van der Waals surface area contributed by atoms with Crippen LogP contribution in [0.25, 0.3) is 11.1 Å². The third-order valence-electron chi connectivity index (χ3n) is 5.38. The maximum Gasteiger partial charge on any atom is 0.260 e. The molecule has 2 amide bonds. The molecule has 6 nitrogen and oxygen atoms in total. The number of rotatable bonds is 5. The number of para-hydroxylation sites is 2. The quantitative estimate of drug-likeness (QED) is 0.692. The summed E-state index contributed by atoms with van der Waals surface area (Å²) >= 11 is 0. The molecule has 0 spiro atoms. The molecule has 6 heteroatoms. The number of carbonyl (C=O) groups excluding carboxylic acids is 2. The SMILES string of the molecule is O=C(COc1ccccc1-c1ccccc1)N1CCN(C(=O)c2ccccc2O)CC1. The molecule has 0 unspecified atom stereocenters. The zero-order chi connectivity index (χ0) is 21.6. The normalized spacial score (nSPS) is 13.7. The number of nitrogens with zero attached hydrogens (tertiary/aromatic N) is 2. The Hall–Kier alpha value is -3.80. The van der Waals surface area contributed by atoms with E-state index >= 15 is 0 Å². The number of phenolic OH excluding ortho intramolecular Hbond substituents is 1. The van der Waals surface area contributed by atoms with E-state index in [1.54, 1.807) is 28.0 Å². The summed E-state index contributed by atoms with van der Waals surface area (Å²) in [5.41, 5.74) is 2.25. The molecule has 1 aliphatic heterocycles. The van der Waals surface area contributed by atoms with Gasteiger partial charge in [-0.3, -0.25) is 9.59 Å². The molecule has 4 rings (SSSR count). The number of piperazine rings is 1. The van der Waals surface area contributed by atoms with Crippen molar-refractivity contribution in [3.8, 4) is 22.6 Å². The fourth-order valence-corrected chi connectivity index (χ4v) is 3.66. The van der Waals surface area contributed by atoms with Gasteiger partial charge in [-0.25, -0.2) is 0 Å². The van der Waals surface area contributed by atoms with Crippen LogP contribution in [0.1, 0.15) is 10.4 Å². The van der Waals surface area contributed by atoms with E-state index in [0.717, 1.165) is 11.1 Å². The van der Waals surface area contributed by atoms with Crippen molar-refractivity contribution in [1.29, 1.82) is 0 Å². The van der Waals surface area contributed by atoms with Crippen LogP contribution >= 0.6 is 0 Å². The number of carbonyl (C=O) groups is 2. The van der Waals surface area contributed by atoms with Crippen molar-refractivity contribution < 1.29 is 19.4 Å². The van der Waals surface area contributed by atoms with Gasteiger partial charge in [-0.1, -0.05) is 60.7 Å². The molecule has 1 aliphatic rings. The molecular weight excluding hydrogens is 392 g/mol. The number of hydrogen-bond acceptors (Lipinski definition) is 4. The molecule has 0 aromatic heterocycles. The van der Waals surface area contributed by atoms with Gasteiger partial charge < -0.3 is 19.6 Å². The molecule has 0 radical (unpaired) electrons. The lowest BCUT2D eigenvalue weighted by molar-refractivity contribution is -0.134. The summed E-state index contributed by atoms with van der Waals surface area (Å²) in [7, 11) is 0. The topological polar surface area (TPSA) is 70.1 Å². The van der Waals surface area contributed by atoms with Crippen molar-refractivity contribution in [2.45, 2.75) is 0 Å². The largest absolute Gasteiger partial charge is 0.507 e. The van der Waals surface area contributed by atoms with Crippen molar-refractivity contribution in [1.82, 2.24) is 9.80 Å². The van der Waals surface area contributed by atoms with Gasteiger partial charge in [0.2, 0.25) is 0 Å². The summed E-state index contributed by atoms with van der Waals surface area (Å²) < 4.78 is 5.86. The highest BCUT2D eigenvalue weighted by Gasteiger charge is 2.26. The highest BCUT2D eigenvalue weighted by Crippen LogP contribution is 2.29. The second-order valence-electron chi connectivity index (χ2n) is 7.34. The van der Waals surface area contributed by atoms with Crippen molar-refractivity contribution >= 4 is 11.8 Å². The van der Waals surface area contributed by atoms with Crippen LogP contribution in [-0.4, -0.2) is 59.5 Å². The Balaban J connectivity index is 1.33. The number of hydrogen-bond donors (Lipinski definition) is 1. The number of benzene rings is 3. The van der Waals surface area contributed by atoms with E-state index in [4.69, 9.17) is 4.74 Å². The van der Waals surface area contributed by atoms with E-state index < -0.39 is 0 Å². The van der Waals surface area contributed by atoms with E-state index in [2.05, 4.69) is 0 Å². The van der Waals surface area contributed by atoms with Gasteiger partial charge in [0.15, 0.2) is 6.61 Å². The Morgan fingerprint density at radius 1 is 0.774 bits per heavy atom. The summed E-state index contributed by atoms with van der Waals surface area (Å²) in [4.78, 5) is 28.7. The van der Waals surface area contributed by atoms with Crippen LogP contribution in [0.4, 0.5) is 0 Å². The van der Waals surface area contributed by atoms with Gasteiger partial charge in [0.05, 0.1) is 5.56 Å². The minimum Gasteiger partial charge on any atom is -0.507 e. The maximum absolute atomic E-state index is 12.7. The van der Waals surface area contributed by atoms with Gasteiger partial charge in [0, 0.05) is 31.7 Å². The van der Waals surface area contributed by atoms with Crippen LogP contribution in [0.2, 0.25) is 0 Å². The predicted molar refractivity (Wildman–Crippen MR) is 118 cm³/mol. The second kappa shape index (κ2) is 9.34. The monoisotopic (exact) mass is 416 g/mol. The smallest absolute Gasteiger partial charge is 0.260 e. The van der Waals surface area contributed by atoms with Crippen molar-refractivity contribution in [3.05, 3.63) is 84.4 Å². The van der Waals surface area contributed by atoms with Gasteiger partial charge in [0.25, 0.3) is 11.8 Å².